The van der Waals surface area contributed by atoms with Gasteiger partial charge in [-0.3, -0.25) is 9.69 Å². The van der Waals surface area contributed by atoms with Gasteiger partial charge in [-0.05, 0) is 89.9 Å². The Morgan fingerprint density at radius 3 is 2.43 bits per heavy atom. The van der Waals surface area contributed by atoms with Crippen LogP contribution in [0.3, 0.4) is 0 Å². The maximum Gasteiger partial charge on any atom is 0.407 e. The van der Waals surface area contributed by atoms with E-state index in [1.54, 1.807) is 0 Å². The van der Waals surface area contributed by atoms with Gasteiger partial charge in [-0.2, -0.15) is 0 Å². The molecule has 328 valence electrons. The number of aromatic nitrogens is 4. The molecule has 0 bridgehead atoms. The Morgan fingerprint density at radius 1 is 0.889 bits per heavy atom. The summed E-state index contributed by atoms with van der Waals surface area (Å²) in [6, 6.07) is 22.1. The zero-order chi connectivity index (χ0) is 44.1. The van der Waals surface area contributed by atoms with Gasteiger partial charge in [-0.15, -0.1) is 0 Å². The van der Waals surface area contributed by atoms with Crippen LogP contribution in [-0.2, 0) is 20.9 Å². The Hall–Kier alpha value is -6.45. The van der Waals surface area contributed by atoms with Gasteiger partial charge in [0.25, 0.3) is 5.91 Å². The van der Waals surface area contributed by atoms with Crippen molar-refractivity contribution in [2.45, 2.75) is 90.0 Å². The number of carbonyl (C=O) groups excluding carboxylic acids is 3. The van der Waals surface area contributed by atoms with Crippen molar-refractivity contribution in [3.8, 4) is 28.1 Å². The van der Waals surface area contributed by atoms with Crippen molar-refractivity contribution in [2.75, 3.05) is 20.8 Å². The van der Waals surface area contributed by atoms with Gasteiger partial charge >= 0.3 is 12.2 Å². The summed E-state index contributed by atoms with van der Waals surface area (Å²) in [5, 5.41) is 19.3. The number of carbonyl (C=O) groups is 3. The van der Waals surface area contributed by atoms with Crippen LogP contribution in [-0.4, -0.2) is 92.0 Å². The maximum atomic E-state index is 14.2. The zero-order valence-corrected chi connectivity index (χ0v) is 36.3. The van der Waals surface area contributed by atoms with Crippen LogP contribution < -0.4 is 15.4 Å². The van der Waals surface area contributed by atoms with Crippen molar-refractivity contribution in [1.29, 1.82) is 0 Å². The Labute approximate surface area is 365 Å². The topological polar surface area (TPSA) is 187 Å². The molecule has 3 amide bonds. The third-order valence-electron chi connectivity index (χ3n) is 13.1. The van der Waals surface area contributed by atoms with Gasteiger partial charge in [0.05, 0.1) is 55.3 Å². The molecular weight excluding hydrogens is 801 g/mol. The van der Waals surface area contributed by atoms with Crippen molar-refractivity contribution >= 4 is 39.9 Å². The SMILES string of the molecule is COC(=O)NC(C(=O)N1C[C@@H](C)C[C@H]1c1ncc(-c2ccc3c(c2)COc2cc4c(ccc5nc([C@@H]6CC[C@H](C)N6C(O)C(NC(=O)OC)C(C)C)[nH]c54)cc2-3)[nH]1)c1ccccc1. The smallest absolute Gasteiger partial charge is 0.407 e. The molecule has 15 nitrogen and oxygen atoms in total. The number of aromatic amines is 2. The molecule has 15 heteroatoms. The lowest BCUT2D eigenvalue weighted by Gasteiger charge is -2.38. The molecule has 7 atom stereocenters. The highest BCUT2D eigenvalue weighted by atomic mass is 16.5. The van der Waals surface area contributed by atoms with Gasteiger partial charge in [-0.25, -0.2) is 19.6 Å². The molecular formula is C48H54N8O7. The minimum absolute atomic E-state index is 0.0388. The number of aliphatic hydroxyl groups excluding tert-OH is 1. The van der Waals surface area contributed by atoms with E-state index in [2.05, 4.69) is 75.7 Å². The monoisotopic (exact) mass is 854 g/mol. The van der Waals surface area contributed by atoms with E-state index in [9.17, 15) is 19.5 Å². The number of hydrogen-bond donors (Lipinski definition) is 5. The molecule has 3 aliphatic heterocycles. The Kier molecular flexibility index (Phi) is 11.3. The Bertz CT molecular complexity index is 2680. The highest BCUT2D eigenvalue weighted by Gasteiger charge is 2.43. The van der Waals surface area contributed by atoms with Crippen molar-refractivity contribution in [3.05, 3.63) is 102 Å². The van der Waals surface area contributed by atoms with Gasteiger partial charge in [0.15, 0.2) is 0 Å². The molecule has 0 saturated carbocycles. The van der Waals surface area contributed by atoms with Crippen molar-refractivity contribution < 1.29 is 33.7 Å². The number of benzene rings is 4. The van der Waals surface area contributed by atoms with Gasteiger partial charge in [0.2, 0.25) is 0 Å². The average molecular weight is 855 g/mol. The second kappa shape index (κ2) is 17.0. The van der Waals surface area contributed by atoms with Crippen molar-refractivity contribution in [3.63, 3.8) is 0 Å². The van der Waals surface area contributed by atoms with Crippen molar-refractivity contribution in [1.82, 2.24) is 40.4 Å². The molecule has 2 aromatic heterocycles. The highest BCUT2D eigenvalue weighted by molar-refractivity contribution is 6.07. The third kappa shape index (κ3) is 7.84. The van der Waals surface area contributed by atoms with E-state index in [1.807, 2.05) is 61.3 Å². The third-order valence-corrected chi connectivity index (χ3v) is 13.1. The molecule has 2 fully saturated rings. The first-order valence-electron chi connectivity index (χ1n) is 21.7. The van der Waals surface area contributed by atoms with Gasteiger partial charge in [0.1, 0.15) is 36.3 Å². The summed E-state index contributed by atoms with van der Waals surface area (Å²) >= 11 is 0. The van der Waals surface area contributed by atoms with Crippen LogP contribution in [0.1, 0.15) is 87.9 Å². The van der Waals surface area contributed by atoms with Gasteiger partial charge < -0.3 is 44.8 Å². The lowest BCUT2D eigenvalue weighted by atomic mass is 9.92. The van der Waals surface area contributed by atoms with E-state index < -0.39 is 30.5 Å². The fraction of sp³-hybridized carbons (Fsp3) is 0.396. The number of alkyl carbamates (subject to hydrolysis) is 2. The second-order valence-electron chi connectivity index (χ2n) is 17.5. The van der Waals surface area contributed by atoms with E-state index in [-0.39, 0.29) is 35.9 Å². The molecule has 0 radical (unpaired) electrons. The van der Waals surface area contributed by atoms with E-state index >= 15 is 0 Å². The van der Waals surface area contributed by atoms with E-state index in [4.69, 9.17) is 24.2 Å². The second-order valence-corrected chi connectivity index (χ2v) is 17.5. The molecule has 2 saturated heterocycles. The number of rotatable bonds is 10. The molecule has 0 aliphatic carbocycles. The molecule has 3 aliphatic rings. The van der Waals surface area contributed by atoms with E-state index in [0.29, 0.717) is 24.5 Å². The molecule has 3 unspecified atom stereocenters. The summed E-state index contributed by atoms with van der Waals surface area (Å²) in [4.78, 5) is 59.6. The first-order valence-corrected chi connectivity index (χ1v) is 21.7. The lowest BCUT2D eigenvalue weighted by Crippen LogP contribution is -2.55. The Morgan fingerprint density at radius 2 is 1.67 bits per heavy atom. The van der Waals surface area contributed by atoms with Crippen LogP contribution in [0.25, 0.3) is 44.2 Å². The van der Waals surface area contributed by atoms with E-state index in [1.165, 1.54) is 14.2 Å². The molecule has 5 N–H and O–H groups in total. The molecule has 0 spiro atoms. The number of ether oxygens (including phenoxy) is 3. The van der Waals surface area contributed by atoms with Crippen LogP contribution in [0, 0.1) is 11.8 Å². The molecule has 5 heterocycles. The van der Waals surface area contributed by atoms with Crippen LogP contribution in [0.15, 0.2) is 79.0 Å². The normalized spacial score (nSPS) is 21.1. The van der Waals surface area contributed by atoms with Crippen LogP contribution in [0.5, 0.6) is 5.75 Å². The predicted molar refractivity (Wildman–Crippen MR) is 237 cm³/mol. The number of fused-ring (bicyclic) bond motifs is 6. The summed E-state index contributed by atoms with van der Waals surface area (Å²) in [5.74, 6) is 2.21. The quantitative estimate of drug-likeness (QED) is 0.0907. The maximum absolute atomic E-state index is 14.2. The largest absolute Gasteiger partial charge is 0.488 e. The zero-order valence-electron chi connectivity index (χ0n) is 36.3. The van der Waals surface area contributed by atoms with Gasteiger partial charge in [0, 0.05) is 23.5 Å². The summed E-state index contributed by atoms with van der Waals surface area (Å²) in [7, 11) is 2.61. The number of nitrogens with one attached hydrogen (secondary N) is 4. The summed E-state index contributed by atoms with van der Waals surface area (Å²) < 4.78 is 16.2. The summed E-state index contributed by atoms with van der Waals surface area (Å²) in [5.41, 5.74) is 7.31. The summed E-state index contributed by atoms with van der Waals surface area (Å²) in [6.45, 7) is 9.06. The average Bonchev–Trinajstić information content (AvgIpc) is 4.12. The number of amides is 3. The highest BCUT2D eigenvalue weighted by Crippen LogP contribution is 2.44. The fourth-order valence-electron chi connectivity index (χ4n) is 9.81. The van der Waals surface area contributed by atoms with Crippen molar-refractivity contribution in [2.24, 2.45) is 11.8 Å². The van der Waals surface area contributed by atoms with E-state index in [0.717, 1.165) is 80.6 Å². The number of nitrogens with zero attached hydrogens (tertiary/aromatic N) is 4. The number of hydrogen-bond acceptors (Lipinski definition) is 10. The summed E-state index contributed by atoms with van der Waals surface area (Å²) in [6.07, 6.45) is 2.03. The molecule has 9 rings (SSSR count). The minimum atomic E-state index is -0.943. The van der Waals surface area contributed by atoms with Crippen LogP contribution in [0.4, 0.5) is 9.59 Å². The first-order chi connectivity index (χ1) is 30.4. The Balaban J connectivity index is 0.966. The number of methoxy groups -OCH3 is 2. The fourth-order valence-corrected chi connectivity index (χ4v) is 9.81. The van der Waals surface area contributed by atoms with Crippen LogP contribution in [0.2, 0.25) is 0 Å². The number of aliphatic hydroxyl groups is 1. The molecule has 63 heavy (non-hydrogen) atoms. The standard InChI is InChI=1S/C48H54N8O7/c1-25(2)40(53-47(59)61-5)46(58)56-27(4)12-17-37(56)44-50-35-16-14-29-20-34-32-15-13-30(19-31(32)24-63-39(34)21-33(29)42(35)52-44)36-22-49-43(51-36)38-18-26(3)23-55(38)45(57)41(54-48(60)62-6)28-10-8-7-9-11-28/h7-11,13-16,19-22,25-27,37-38,40-41,46,58H,12,17-18,23-24H2,1-6H3,(H,49,51)(H,50,52)(H,53,59)(H,54,60)/t26-,27-,37-,38-,40?,41?,46?/m0/s1. The molecule has 6 aromatic rings. The number of likely N-dealkylation sites (tertiary alicyclic amines) is 2. The lowest BCUT2D eigenvalue weighted by molar-refractivity contribution is -0.134. The molecule has 4 aromatic carbocycles. The minimum Gasteiger partial charge on any atom is -0.488 e. The number of imidazole rings is 2. The van der Waals surface area contributed by atoms with Crippen LogP contribution >= 0.6 is 0 Å². The number of H-pyrrole nitrogens is 2. The predicted octanol–water partition coefficient (Wildman–Crippen LogP) is 7.90. The van der Waals surface area contributed by atoms with Gasteiger partial charge in [-0.1, -0.05) is 69.3 Å². The first kappa shape index (κ1) is 41.9.